The number of hydrogen-bond donors (Lipinski definition) is 4. The van der Waals surface area contributed by atoms with Crippen molar-refractivity contribution in [2.24, 2.45) is 5.92 Å². The second-order valence-electron chi connectivity index (χ2n) is 9.13. The lowest BCUT2D eigenvalue weighted by Crippen LogP contribution is -2.24. The molecule has 32 heavy (non-hydrogen) atoms. The van der Waals surface area contributed by atoms with E-state index in [0.717, 1.165) is 55.4 Å². The Hall–Kier alpha value is -1.89. The predicted molar refractivity (Wildman–Crippen MR) is 125 cm³/mol. The van der Waals surface area contributed by atoms with Crippen molar-refractivity contribution in [3.63, 3.8) is 0 Å². The molecule has 3 rings (SSSR count). The lowest BCUT2D eigenvalue weighted by Gasteiger charge is -2.18. The molecule has 0 unspecified atom stereocenters. The highest BCUT2D eigenvalue weighted by Gasteiger charge is 2.48. The third-order valence-corrected chi connectivity index (χ3v) is 6.65. The van der Waals surface area contributed by atoms with Gasteiger partial charge in [0.1, 0.15) is 11.9 Å². The first-order chi connectivity index (χ1) is 15.5. The van der Waals surface area contributed by atoms with Crippen molar-refractivity contribution >= 4 is 5.91 Å². The molecule has 0 bridgehead atoms. The molecule has 0 aromatic heterocycles. The molecule has 6 nitrogen and oxygen atoms in total. The van der Waals surface area contributed by atoms with Crippen LogP contribution < -0.4 is 10.1 Å². The van der Waals surface area contributed by atoms with Gasteiger partial charge in [0, 0.05) is 43.4 Å². The number of ether oxygens (including phenoxy) is 1. The number of carbonyl (C=O) groups excluding carboxylic acids is 1. The van der Waals surface area contributed by atoms with E-state index in [1.807, 2.05) is 18.2 Å². The number of hydrogen-bond acceptors (Lipinski definition) is 5. The fraction of sp³-hybridized carbons (Fsp3) is 0.654. The molecule has 1 aliphatic heterocycles. The van der Waals surface area contributed by atoms with E-state index in [1.54, 1.807) is 0 Å². The van der Waals surface area contributed by atoms with Crippen molar-refractivity contribution in [1.29, 1.82) is 0 Å². The smallest absolute Gasteiger partial charge is 0.220 e. The molecule has 1 saturated carbocycles. The molecule has 1 aromatic carbocycles. The van der Waals surface area contributed by atoms with Gasteiger partial charge in [-0.15, -0.1) is 0 Å². The largest absolute Gasteiger partial charge is 0.489 e. The van der Waals surface area contributed by atoms with Crippen molar-refractivity contribution in [2.75, 3.05) is 13.2 Å². The zero-order valence-corrected chi connectivity index (χ0v) is 19.2. The number of unbranched alkanes of at least 4 members (excludes halogenated alkanes) is 2. The molecule has 6 heteroatoms. The Morgan fingerprint density at radius 3 is 2.91 bits per heavy atom. The molecular formula is C26H39NO5. The van der Waals surface area contributed by atoms with E-state index in [-0.39, 0.29) is 30.5 Å². The van der Waals surface area contributed by atoms with Crippen molar-refractivity contribution in [1.82, 2.24) is 5.32 Å². The number of amides is 1. The van der Waals surface area contributed by atoms with Crippen molar-refractivity contribution in [2.45, 2.75) is 88.9 Å². The summed E-state index contributed by atoms with van der Waals surface area (Å²) in [6, 6.07) is 6.18. The molecule has 0 saturated heterocycles. The minimum atomic E-state index is -0.469. The van der Waals surface area contributed by atoms with Gasteiger partial charge in [-0.05, 0) is 31.2 Å². The fourth-order valence-corrected chi connectivity index (χ4v) is 4.96. The Kier molecular flexibility index (Phi) is 9.57. The highest BCUT2D eigenvalue weighted by molar-refractivity contribution is 5.75. The lowest BCUT2D eigenvalue weighted by atomic mass is 9.86. The molecule has 1 heterocycles. The number of aliphatic hydroxyl groups excluding tert-OH is 3. The van der Waals surface area contributed by atoms with Crippen LogP contribution in [0.3, 0.4) is 0 Å². The summed E-state index contributed by atoms with van der Waals surface area (Å²) in [6.07, 6.45) is 9.98. The van der Waals surface area contributed by atoms with E-state index >= 15 is 0 Å². The van der Waals surface area contributed by atoms with Crippen LogP contribution in [0.2, 0.25) is 0 Å². The van der Waals surface area contributed by atoms with Crippen LogP contribution in [0.25, 0.3) is 0 Å². The van der Waals surface area contributed by atoms with E-state index in [4.69, 9.17) is 9.84 Å². The first-order valence-electron chi connectivity index (χ1n) is 12.3. The number of para-hydroxylation sites is 1. The van der Waals surface area contributed by atoms with Crippen LogP contribution >= 0.6 is 0 Å². The standard InChI is InChI=1S/C26H39NO5/c1-2-3-4-10-19(29)13-14-20-22(30)17-23-25(20)21-11-5-8-18(26(21)32-23)9-6-12-24(31)27-15-7-16-28/h5,8,11,13-14,19-20,22-23,25,28-30H,2-4,6-7,9-10,12,15-17H2,1H3,(H,27,31)/b14-13+/t19-,20-,22+,23-,25-/m0/s1. The van der Waals surface area contributed by atoms with Gasteiger partial charge in [0.2, 0.25) is 5.91 Å². The average Bonchev–Trinajstić information content (AvgIpc) is 3.28. The molecule has 5 atom stereocenters. The van der Waals surface area contributed by atoms with Gasteiger partial charge in [0.25, 0.3) is 0 Å². The maximum atomic E-state index is 11.9. The molecule has 1 amide bonds. The molecule has 0 radical (unpaired) electrons. The quantitative estimate of drug-likeness (QED) is 0.276. The Labute approximate surface area is 191 Å². The highest BCUT2D eigenvalue weighted by atomic mass is 16.5. The zero-order valence-electron chi connectivity index (χ0n) is 19.2. The molecule has 178 valence electrons. The van der Waals surface area contributed by atoms with Crippen LogP contribution in [0, 0.1) is 5.92 Å². The third kappa shape index (κ3) is 6.33. The third-order valence-electron chi connectivity index (χ3n) is 6.65. The van der Waals surface area contributed by atoms with Crippen LogP contribution in [-0.2, 0) is 11.2 Å². The van der Waals surface area contributed by atoms with Gasteiger partial charge in [-0.3, -0.25) is 4.79 Å². The molecule has 4 N–H and O–H groups in total. The summed E-state index contributed by atoms with van der Waals surface area (Å²) in [6.45, 7) is 2.74. The first kappa shape index (κ1) is 24.7. The van der Waals surface area contributed by atoms with Gasteiger partial charge in [0.15, 0.2) is 0 Å². The molecule has 1 aromatic rings. The molecule has 1 aliphatic carbocycles. The van der Waals surface area contributed by atoms with E-state index in [9.17, 15) is 15.0 Å². The zero-order chi connectivity index (χ0) is 22.9. The maximum Gasteiger partial charge on any atom is 0.220 e. The molecule has 1 fully saturated rings. The van der Waals surface area contributed by atoms with Crippen LogP contribution in [0.5, 0.6) is 5.75 Å². The fourth-order valence-electron chi connectivity index (χ4n) is 4.96. The predicted octanol–water partition coefficient (Wildman–Crippen LogP) is 3.23. The summed E-state index contributed by atoms with van der Waals surface area (Å²) in [5, 5.41) is 32.5. The normalized spacial score (nSPS) is 24.9. The SMILES string of the molecule is CCCCC[C@H](O)/C=C/[C@@H]1[C@H]2c3cccc(CCCC(=O)NCCCO)c3O[C@H]2C[C@H]1O. The van der Waals surface area contributed by atoms with E-state index in [0.29, 0.717) is 25.8 Å². The lowest BCUT2D eigenvalue weighted by molar-refractivity contribution is -0.121. The summed E-state index contributed by atoms with van der Waals surface area (Å²) in [5.41, 5.74) is 2.24. The van der Waals surface area contributed by atoms with Crippen molar-refractivity contribution in [3.05, 3.63) is 41.5 Å². The van der Waals surface area contributed by atoms with Crippen LogP contribution in [-0.4, -0.2) is 52.7 Å². The Bertz CT molecular complexity index is 765. The highest BCUT2D eigenvalue weighted by Crippen LogP contribution is 2.52. The average molecular weight is 446 g/mol. The van der Waals surface area contributed by atoms with Gasteiger partial charge >= 0.3 is 0 Å². The van der Waals surface area contributed by atoms with Crippen LogP contribution in [0.15, 0.2) is 30.4 Å². The molecule has 0 spiro atoms. The van der Waals surface area contributed by atoms with E-state index < -0.39 is 12.2 Å². The first-order valence-corrected chi connectivity index (χ1v) is 12.3. The summed E-state index contributed by atoms with van der Waals surface area (Å²) in [7, 11) is 0. The second-order valence-corrected chi connectivity index (χ2v) is 9.13. The second kappa shape index (κ2) is 12.4. The van der Waals surface area contributed by atoms with Gasteiger partial charge in [0.05, 0.1) is 12.2 Å². The summed E-state index contributed by atoms with van der Waals surface area (Å²) >= 11 is 0. The minimum absolute atomic E-state index is 0.00892. The van der Waals surface area contributed by atoms with E-state index in [1.165, 1.54) is 0 Å². The summed E-state index contributed by atoms with van der Waals surface area (Å²) < 4.78 is 6.30. The Balaban J connectivity index is 1.60. The van der Waals surface area contributed by atoms with Gasteiger partial charge in [-0.2, -0.15) is 0 Å². The number of carbonyl (C=O) groups is 1. The summed E-state index contributed by atoms with van der Waals surface area (Å²) in [5.74, 6) is 0.960. The van der Waals surface area contributed by atoms with Crippen molar-refractivity contribution < 1.29 is 24.9 Å². The Morgan fingerprint density at radius 1 is 1.28 bits per heavy atom. The van der Waals surface area contributed by atoms with Crippen LogP contribution in [0.4, 0.5) is 0 Å². The molecular weight excluding hydrogens is 406 g/mol. The number of nitrogens with one attached hydrogen (secondary N) is 1. The minimum Gasteiger partial charge on any atom is -0.489 e. The Morgan fingerprint density at radius 2 is 2.12 bits per heavy atom. The maximum absolute atomic E-state index is 11.9. The van der Waals surface area contributed by atoms with E-state index in [2.05, 4.69) is 24.4 Å². The number of rotatable bonds is 13. The van der Waals surface area contributed by atoms with Gasteiger partial charge in [-0.1, -0.05) is 56.5 Å². The van der Waals surface area contributed by atoms with Crippen molar-refractivity contribution in [3.8, 4) is 5.75 Å². The number of benzene rings is 1. The summed E-state index contributed by atoms with van der Waals surface area (Å²) in [4.78, 5) is 11.9. The van der Waals surface area contributed by atoms with Gasteiger partial charge < -0.3 is 25.4 Å². The number of fused-ring (bicyclic) bond motifs is 3. The van der Waals surface area contributed by atoms with Crippen LogP contribution in [0.1, 0.15) is 75.3 Å². The van der Waals surface area contributed by atoms with Gasteiger partial charge in [-0.25, -0.2) is 0 Å². The number of aryl methyl sites for hydroxylation is 1. The monoisotopic (exact) mass is 445 g/mol. The number of aliphatic hydroxyl groups is 3. The molecule has 2 aliphatic rings. The topological polar surface area (TPSA) is 99.0 Å².